The number of anilines is 1. The average Bonchev–Trinajstić information content (AvgIpc) is 3.19. The van der Waals surface area contributed by atoms with Gasteiger partial charge in [0.1, 0.15) is 5.52 Å². The Hall–Kier alpha value is -2.92. The predicted molar refractivity (Wildman–Crippen MR) is 120 cm³/mol. The van der Waals surface area contributed by atoms with Gasteiger partial charge in [-0.25, -0.2) is 4.98 Å². The third kappa shape index (κ3) is 4.10. The molecule has 0 saturated carbocycles. The summed E-state index contributed by atoms with van der Waals surface area (Å²) in [5.41, 5.74) is 6.21. The number of oxazole rings is 1. The summed E-state index contributed by atoms with van der Waals surface area (Å²) < 4.78 is 6.86. The molecule has 1 N–H and O–H groups in total. The third-order valence-electron chi connectivity index (χ3n) is 4.93. The van der Waals surface area contributed by atoms with Crippen molar-refractivity contribution in [2.75, 3.05) is 5.32 Å². The van der Waals surface area contributed by atoms with Gasteiger partial charge in [0.15, 0.2) is 5.58 Å². The Morgan fingerprint density at radius 2 is 1.66 bits per heavy atom. The number of aromatic nitrogens is 1. The molecular weight excluding hydrogens is 428 g/mol. The molecule has 4 nitrogen and oxygen atoms in total. The maximum atomic E-state index is 12.4. The number of hydrogen-bond donors (Lipinski definition) is 1. The minimum atomic E-state index is -0.127. The van der Waals surface area contributed by atoms with E-state index in [1.807, 2.05) is 54.6 Å². The van der Waals surface area contributed by atoms with Crippen molar-refractivity contribution in [1.29, 1.82) is 0 Å². The van der Waals surface area contributed by atoms with E-state index in [2.05, 4.69) is 46.1 Å². The minimum Gasteiger partial charge on any atom is -0.435 e. The van der Waals surface area contributed by atoms with E-state index in [4.69, 9.17) is 4.42 Å². The smallest absolute Gasteiger partial charge is 0.255 e. The number of aryl methyl sites for hydroxylation is 2. The fraction of sp³-hybridized carbons (Fsp3) is 0.167. The Bertz CT molecular complexity index is 1160. The summed E-state index contributed by atoms with van der Waals surface area (Å²) in [5.74, 6) is 0.431. The first-order valence-electron chi connectivity index (χ1n) is 9.67. The maximum Gasteiger partial charge on any atom is 0.255 e. The van der Waals surface area contributed by atoms with Gasteiger partial charge in [-0.3, -0.25) is 4.79 Å². The zero-order chi connectivity index (χ0) is 20.4. The number of hydrogen-bond acceptors (Lipinski definition) is 3. The number of carbonyl (C=O) groups is 1. The zero-order valence-electron chi connectivity index (χ0n) is 16.3. The van der Waals surface area contributed by atoms with Crippen molar-refractivity contribution in [2.45, 2.75) is 26.7 Å². The van der Waals surface area contributed by atoms with Gasteiger partial charge in [-0.15, -0.1) is 0 Å². The SMILES string of the molecule is CCc1ccc(C(=O)Nc2ccc(-c3nc4cc(CC)cc(Br)c4o3)cc2)cc1. The highest BCUT2D eigenvalue weighted by molar-refractivity contribution is 9.10. The van der Waals surface area contributed by atoms with Crippen molar-refractivity contribution in [3.05, 3.63) is 81.8 Å². The van der Waals surface area contributed by atoms with Crippen molar-refractivity contribution in [1.82, 2.24) is 4.98 Å². The molecule has 3 aromatic carbocycles. The lowest BCUT2D eigenvalue weighted by Crippen LogP contribution is -2.11. The molecule has 146 valence electrons. The van der Waals surface area contributed by atoms with Crippen LogP contribution in [-0.4, -0.2) is 10.9 Å². The molecule has 0 spiro atoms. The van der Waals surface area contributed by atoms with Crippen molar-refractivity contribution in [2.24, 2.45) is 0 Å². The fourth-order valence-electron chi connectivity index (χ4n) is 3.17. The molecule has 0 atom stereocenters. The monoisotopic (exact) mass is 448 g/mol. The van der Waals surface area contributed by atoms with Gasteiger partial charge in [0.25, 0.3) is 5.91 Å². The van der Waals surface area contributed by atoms with Crippen LogP contribution in [0.25, 0.3) is 22.6 Å². The second kappa shape index (κ2) is 8.21. The first-order chi connectivity index (χ1) is 14.1. The van der Waals surface area contributed by atoms with Gasteiger partial charge < -0.3 is 9.73 Å². The Balaban J connectivity index is 1.53. The molecule has 0 aliphatic carbocycles. The van der Waals surface area contributed by atoms with Crippen LogP contribution < -0.4 is 5.32 Å². The number of rotatable bonds is 5. The van der Waals surface area contributed by atoms with Gasteiger partial charge >= 0.3 is 0 Å². The van der Waals surface area contributed by atoms with Gasteiger partial charge in [-0.2, -0.15) is 0 Å². The Morgan fingerprint density at radius 3 is 2.31 bits per heavy atom. The van der Waals surface area contributed by atoms with E-state index in [1.54, 1.807) is 0 Å². The lowest BCUT2D eigenvalue weighted by molar-refractivity contribution is 0.102. The maximum absolute atomic E-state index is 12.4. The first kappa shape index (κ1) is 19.4. The number of nitrogens with zero attached hydrogens (tertiary/aromatic N) is 1. The van der Waals surface area contributed by atoms with Crippen molar-refractivity contribution >= 4 is 38.6 Å². The van der Waals surface area contributed by atoms with Crippen LogP contribution in [-0.2, 0) is 12.8 Å². The van der Waals surface area contributed by atoms with Crippen molar-refractivity contribution < 1.29 is 9.21 Å². The van der Waals surface area contributed by atoms with Crippen LogP contribution in [0.15, 0.2) is 69.6 Å². The second-order valence-corrected chi connectivity index (χ2v) is 7.73. The molecule has 4 rings (SSSR count). The largest absolute Gasteiger partial charge is 0.435 e. The molecule has 0 unspecified atom stereocenters. The number of carbonyl (C=O) groups excluding carboxylic acids is 1. The predicted octanol–water partition coefficient (Wildman–Crippen LogP) is 6.63. The molecule has 1 aromatic heterocycles. The number of nitrogens with one attached hydrogen (secondary N) is 1. The summed E-state index contributed by atoms with van der Waals surface area (Å²) in [7, 11) is 0. The van der Waals surface area contributed by atoms with Gasteiger partial charge in [-0.05, 0) is 88.4 Å². The molecule has 4 aromatic rings. The van der Waals surface area contributed by atoms with E-state index in [-0.39, 0.29) is 5.91 Å². The summed E-state index contributed by atoms with van der Waals surface area (Å²) >= 11 is 3.56. The molecule has 29 heavy (non-hydrogen) atoms. The van der Waals surface area contributed by atoms with Gasteiger partial charge in [0, 0.05) is 16.8 Å². The Morgan fingerprint density at radius 1 is 0.966 bits per heavy atom. The summed E-state index contributed by atoms with van der Waals surface area (Å²) in [5, 5.41) is 2.93. The van der Waals surface area contributed by atoms with Gasteiger partial charge in [0.2, 0.25) is 5.89 Å². The molecule has 5 heteroatoms. The highest BCUT2D eigenvalue weighted by atomic mass is 79.9. The lowest BCUT2D eigenvalue weighted by Gasteiger charge is -2.06. The molecule has 1 heterocycles. The molecule has 0 aliphatic rings. The lowest BCUT2D eigenvalue weighted by atomic mass is 10.1. The molecule has 1 amide bonds. The van der Waals surface area contributed by atoms with Crippen molar-refractivity contribution in [3.8, 4) is 11.5 Å². The van der Waals surface area contributed by atoms with Crippen LogP contribution in [0.4, 0.5) is 5.69 Å². The molecule has 0 bridgehead atoms. The van der Waals surface area contributed by atoms with Crippen molar-refractivity contribution in [3.63, 3.8) is 0 Å². The van der Waals surface area contributed by atoms with E-state index in [9.17, 15) is 4.79 Å². The average molecular weight is 449 g/mol. The van der Waals surface area contributed by atoms with Gasteiger partial charge in [0.05, 0.1) is 4.47 Å². The van der Waals surface area contributed by atoms with Crippen LogP contribution in [0.3, 0.4) is 0 Å². The van der Waals surface area contributed by atoms with Gasteiger partial charge in [-0.1, -0.05) is 26.0 Å². The Labute approximate surface area is 178 Å². The zero-order valence-corrected chi connectivity index (χ0v) is 17.9. The highest BCUT2D eigenvalue weighted by Gasteiger charge is 2.12. The molecule has 0 radical (unpaired) electrons. The number of amides is 1. The summed E-state index contributed by atoms with van der Waals surface area (Å²) in [6.45, 7) is 4.20. The normalized spacial score (nSPS) is 11.0. The second-order valence-electron chi connectivity index (χ2n) is 6.88. The standard InChI is InChI=1S/C24H21BrN2O2/c1-3-15-5-7-17(8-6-15)23(28)26-19-11-9-18(10-12-19)24-27-21-14-16(4-2)13-20(25)22(21)29-24/h5-14H,3-4H2,1-2H3,(H,26,28). The van der Waals surface area contributed by atoms with E-state index in [0.29, 0.717) is 11.5 Å². The molecule has 0 fully saturated rings. The molecule has 0 saturated heterocycles. The summed E-state index contributed by atoms with van der Waals surface area (Å²) in [4.78, 5) is 17.1. The molecular formula is C24H21BrN2O2. The third-order valence-corrected chi connectivity index (χ3v) is 5.52. The van der Waals surface area contributed by atoms with E-state index >= 15 is 0 Å². The summed E-state index contributed by atoms with van der Waals surface area (Å²) in [6.07, 6.45) is 1.89. The Kier molecular flexibility index (Phi) is 5.49. The first-order valence-corrected chi connectivity index (χ1v) is 10.5. The van der Waals surface area contributed by atoms with E-state index < -0.39 is 0 Å². The van der Waals surface area contributed by atoms with E-state index in [0.717, 1.165) is 39.7 Å². The van der Waals surface area contributed by atoms with Crippen LogP contribution in [0.2, 0.25) is 0 Å². The van der Waals surface area contributed by atoms with E-state index in [1.165, 1.54) is 11.1 Å². The summed E-state index contributed by atoms with van der Waals surface area (Å²) in [6, 6.07) is 19.3. The number of benzene rings is 3. The van der Waals surface area contributed by atoms with Crippen LogP contribution in [0.5, 0.6) is 0 Å². The highest BCUT2D eigenvalue weighted by Crippen LogP contribution is 2.31. The number of fused-ring (bicyclic) bond motifs is 1. The molecule has 0 aliphatic heterocycles. The fourth-order valence-corrected chi connectivity index (χ4v) is 3.74. The van der Waals surface area contributed by atoms with Crippen LogP contribution in [0.1, 0.15) is 35.3 Å². The number of halogens is 1. The quantitative estimate of drug-likeness (QED) is 0.372. The minimum absolute atomic E-state index is 0.127. The van der Waals surface area contributed by atoms with Crippen LogP contribution in [0, 0.1) is 0 Å². The van der Waals surface area contributed by atoms with Crippen LogP contribution >= 0.6 is 15.9 Å². The topological polar surface area (TPSA) is 55.1 Å².